The molecular weight excluding hydrogens is 379 g/mol. The summed E-state index contributed by atoms with van der Waals surface area (Å²) in [7, 11) is 0.455. The van der Waals surface area contributed by atoms with Gasteiger partial charge in [-0.05, 0) is 35.4 Å². The van der Waals surface area contributed by atoms with Gasteiger partial charge in [0.25, 0.3) is 0 Å². The second-order valence-electron chi connectivity index (χ2n) is 6.59. The average molecular weight is 407 g/mol. The highest BCUT2D eigenvalue weighted by Crippen LogP contribution is 2.14. The molecule has 0 saturated heterocycles. The molecule has 28 heavy (non-hydrogen) atoms. The van der Waals surface area contributed by atoms with Crippen molar-refractivity contribution in [3.8, 4) is 0 Å². The van der Waals surface area contributed by atoms with E-state index in [1.807, 2.05) is 37.4 Å². The largest absolute Gasteiger partial charge is 0.373 e. The van der Waals surface area contributed by atoms with Crippen LogP contribution in [-0.2, 0) is 22.1 Å². The third kappa shape index (κ3) is 7.19. The summed E-state index contributed by atoms with van der Waals surface area (Å²) in [6, 6.07) is 14.2. The molecule has 0 fully saturated rings. The van der Waals surface area contributed by atoms with E-state index < -0.39 is 15.7 Å². The molecule has 2 aromatic carbocycles. The molecule has 0 atom stereocenters. The van der Waals surface area contributed by atoms with Gasteiger partial charge in [-0.3, -0.25) is 4.99 Å². The lowest BCUT2D eigenvalue weighted by Crippen LogP contribution is -2.40. The van der Waals surface area contributed by atoms with Crippen LogP contribution < -0.4 is 15.5 Å². The maximum absolute atomic E-state index is 13.6. The molecule has 2 rings (SSSR count). The fourth-order valence-electron chi connectivity index (χ4n) is 2.74. The zero-order valence-corrected chi connectivity index (χ0v) is 17.3. The van der Waals surface area contributed by atoms with E-state index in [2.05, 4.69) is 20.5 Å². The summed E-state index contributed by atoms with van der Waals surface area (Å²) < 4.78 is 36.8. The van der Waals surface area contributed by atoms with Gasteiger partial charge in [-0.15, -0.1) is 0 Å². The predicted molar refractivity (Wildman–Crippen MR) is 113 cm³/mol. The minimum absolute atomic E-state index is 0.127. The lowest BCUT2D eigenvalue weighted by Gasteiger charge is -2.20. The molecule has 0 aliphatic heterocycles. The van der Waals surface area contributed by atoms with Gasteiger partial charge >= 0.3 is 0 Å². The van der Waals surface area contributed by atoms with Crippen LogP contribution in [0.15, 0.2) is 53.5 Å². The molecule has 0 aliphatic carbocycles. The van der Waals surface area contributed by atoms with Gasteiger partial charge in [-0.1, -0.05) is 24.3 Å². The Morgan fingerprint density at radius 2 is 1.82 bits per heavy atom. The molecule has 0 aliphatic rings. The van der Waals surface area contributed by atoms with Crippen LogP contribution in [0.1, 0.15) is 11.1 Å². The molecule has 2 aromatic rings. The highest BCUT2D eigenvalue weighted by Gasteiger charge is 2.11. The van der Waals surface area contributed by atoms with Crippen molar-refractivity contribution in [1.29, 1.82) is 0 Å². The molecule has 0 aromatic heterocycles. The highest BCUT2D eigenvalue weighted by molar-refractivity contribution is 7.89. The summed E-state index contributed by atoms with van der Waals surface area (Å²) in [5.41, 5.74) is 2.29. The third-order valence-electron chi connectivity index (χ3n) is 4.19. The van der Waals surface area contributed by atoms with Gasteiger partial charge in [0, 0.05) is 45.7 Å². The Morgan fingerprint density at radius 1 is 1.11 bits per heavy atom. The lowest BCUT2D eigenvalue weighted by atomic mass is 10.1. The summed E-state index contributed by atoms with van der Waals surface area (Å²) in [4.78, 5) is 6.29. The van der Waals surface area contributed by atoms with Crippen molar-refractivity contribution in [1.82, 2.24) is 10.6 Å². The van der Waals surface area contributed by atoms with Crippen LogP contribution in [0.4, 0.5) is 10.1 Å². The highest BCUT2D eigenvalue weighted by atomic mass is 32.2. The van der Waals surface area contributed by atoms with Crippen LogP contribution in [0, 0.1) is 5.82 Å². The van der Waals surface area contributed by atoms with E-state index >= 15 is 0 Å². The number of nitrogens with one attached hydrogen (secondary N) is 2. The summed E-state index contributed by atoms with van der Waals surface area (Å²) in [6.45, 7) is 1.70. The van der Waals surface area contributed by atoms with Crippen molar-refractivity contribution >= 4 is 21.5 Å². The van der Waals surface area contributed by atoms with Gasteiger partial charge in [0.05, 0.1) is 5.75 Å². The van der Waals surface area contributed by atoms with E-state index in [0.29, 0.717) is 23.6 Å². The lowest BCUT2D eigenvalue weighted by molar-refractivity contribution is 0.599. The number of guanidine groups is 1. The minimum atomic E-state index is -3.21. The van der Waals surface area contributed by atoms with E-state index in [1.54, 1.807) is 7.05 Å². The number of benzene rings is 2. The number of nitrogens with zero attached hydrogens (tertiary/aromatic N) is 2. The number of likely N-dealkylation sites (N-methyl/N-ethyl adjacent to an activating group) is 1. The van der Waals surface area contributed by atoms with Crippen molar-refractivity contribution in [2.75, 3.05) is 38.3 Å². The standard InChI is InChI=1S/C20H27FN4O2S/c1-22-20(23-11-12-25(2)19-7-5-4-6-8-19)24-14-17-13-18(21)10-9-16(17)15-28(3,26)27/h4-10,13H,11-12,14-15H2,1-3H3,(H2,22,23,24). The van der Waals surface area contributed by atoms with E-state index in [9.17, 15) is 12.8 Å². The molecule has 0 heterocycles. The number of sulfone groups is 1. The number of hydrogen-bond donors (Lipinski definition) is 2. The van der Waals surface area contributed by atoms with Crippen LogP contribution in [0.3, 0.4) is 0 Å². The molecule has 0 saturated carbocycles. The number of aliphatic imine (C=N–C) groups is 1. The molecule has 6 nitrogen and oxygen atoms in total. The van der Waals surface area contributed by atoms with E-state index in [4.69, 9.17) is 0 Å². The summed E-state index contributed by atoms with van der Waals surface area (Å²) in [5.74, 6) is 0.0376. The Morgan fingerprint density at radius 3 is 2.46 bits per heavy atom. The molecular formula is C20H27FN4O2S. The van der Waals surface area contributed by atoms with Crippen molar-refractivity contribution in [2.45, 2.75) is 12.3 Å². The Balaban J connectivity index is 1.91. The first-order valence-electron chi connectivity index (χ1n) is 8.94. The third-order valence-corrected chi connectivity index (χ3v) is 5.03. The van der Waals surface area contributed by atoms with Crippen LogP contribution in [0.5, 0.6) is 0 Å². The van der Waals surface area contributed by atoms with E-state index in [1.165, 1.54) is 18.2 Å². The van der Waals surface area contributed by atoms with Gasteiger partial charge in [0.15, 0.2) is 15.8 Å². The number of halogens is 1. The maximum Gasteiger partial charge on any atom is 0.191 e. The molecule has 2 N–H and O–H groups in total. The number of para-hydroxylation sites is 1. The molecule has 8 heteroatoms. The van der Waals surface area contributed by atoms with Gasteiger partial charge in [-0.25, -0.2) is 12.8 Å². The van der Waals surface area contributed by atoms with E-state index in [0.717, 1.165) is 18.5 Å². The topological polar surface area (TPSA) is 73.8 Å². The second kappa shape index (κ2) is 10.1. The molecule has 0 unspecified atom stereocenters. The van der Waals surface area contributed by atoms with Gasteiger partial charge < -0.3 is 15.5 Å². The fourth-order valence-corrected chi connectivity index (χ4v) is 3.58. The molecule has 0 spiro atoms. The Kier molecular flexibility index (Phi) is 7.80. The van der Waals surface area contributed by atoms with Crippen LogP contribution >= 0.6 is 0 Å². The number of rotatable bonds is 8. The van der Waals surface area contributed by atoms with Crippen LogP contribution in [0.2, 0.25) is 0 Å². The van der Waals surface area contributed by atoms with E-state index in [-0.39, 0.29) is 12.3 Å². The predicted octanol–water partition coefficient (Wildman–Crippen LogP) is 2.17. The summed E-state index contributed by atoms with van der Waals surface area (Å²) in [6.07, 6.45) is 1.16. The quantitative estimate of drug-likeness (QED) is 0.519. The second-order valence-corrected chi connectivity index (χ2v) is 8.73. The Labute approximate surface area is 166 Å². The average Bonchev–Trinajstić information content (AvgIpc) is 2.66. The maximum atomic E-state index is 13.6. The Bertz CT molecular complexity index is 902. The van der Waals surface area contributed by atoms with Crippen molar-refractivity contribution < 1.29 is 12.8 Å². The first-order valence-corrected chi connectivity index (χ1v) is 11.0. The first-order chi connectivity index (χ1) is 13.3. The molecule has 0 bridgehead atoms. The minimum Gasteiger partial charge on any atom is -0.373 e. The Hall–Kier alpha value is -2.61. The van der Waals surface area contributed by atoms with Crippen molar-refractivity contribution in [3.05, 3.63) is 65.5 Å². The molecule has 0 amide bonds. The van der Waals surface area contributed by atoms with Gasteiger partial charge in [0.2, 0.25) is 0 Å². The number of anilines is 1. The normalized spacial score (nSPS) is 11.9. The molecule has 152 valence electrons. The van der Waals surface area contributed by atoms with Crippen LogP contribution in [-0.4, -0.2) is 47.8 Å². The zero-order valence-electron chi connectivity index (χ0n) is 16.4. The smallest absolute Gasteiger partial charge is 0.191 e. The van der Waals surface area contributed by atoms with Crippen molar-refractivity contribution in [2.24, 2.45) is 4.99 Å². The number of hydrogen-bond acceptors (Lipinski definition) is 4. The van der Waals surface area contributed by atoms with Crippen molar-refractivity contribution in [3.63, 3.8) is 0 Å². The fraction of sp³-hybridized carbons (Fsp3) is 0.350. The van der Waals surface area contributed by atoms with Crippen LogP contribution in [0.25, 0.3) is 0 Å². The molecule has 0 radical (unpaired) electrons. The summed E-state index contributed by atoms with van der Waals surface area (Å²) >= 11 is 0. The van der Waals surface area contributed by atoms with Gasteiger partial charge in [-0.2, -0.15) is 0 Å². The summed E-state index contributed by atoms with van der Waals surface area (Å²) in [5, 5.41) is 6.32. The SMILES string of the molecule is CN=C(NCCN(C)c1ccccc1)NCc1cc(F)ccc1CS(C)(=O)=O. The first kappa shape index (κ1) is 21.7. The zero-order chi connectivity index (χ0) is 20.6. The monoisotopic (exact) mass is 406 g/mol. The van der Waals surface area contributed by atoms with Gasteiger partial charge in [0.1, 0.15) is 5.82 Å².